The van der Waals surface area contributed by atoms with E-state index < -0.39 is 0 Å². The van der Waals surface area contributed by atoms with Crippen LogP contribution in [0, 0.1) is 5.82 Å². The summed E-state index contributed by atoms with van der Waals surface area (Å²) in [5.74, 6) is 0.0873. The number of halogens is 1. The Labute approximate surface area is 169 Å². The summed E-state index contributed by atoms with van der Waals surface area (Å²) in [4.78, 5) is 4.68. The maximum Gasteiger partial charge on any atom is 0.150 e. The third kappa shape index (κ3) is 3.37. The zero-order chi connectivity index (χ0) is 20.0. The van der Waals surface area contributed by atoms with Crippen molar-refractivity contribution in [2.24, 2.45) is 5.10 Å². The Kier molecular flexibility index (Phi) is 4.30. The monoisotopic (exact) mass is 383 g/mol. The Bertz CT molecular complexity index is 1180. The van der Waals surface area contributed by atoms with Crippen molar-refractivity contribution in [1.82, 2.24) is 9.99 Å². The lowest BCUT2D eigenvalue weighted by Gasteiger charge is -2.23. The van der Waals surface area contributed by atoms with E-state index in [2.05, 4.69) is 22.4 Å². The van der Waals surface area contributed by atoms with Gasteiger partial charge in [-0.05, 0) is 74.6 Å². The van der Waals surface area contributed by atoms with Gasteiger partial charge in [0.15, 0.2) is 0 Å². The molecule has 0 N–H and O–H groups in total. The summed E-state index contributed by atoms with van der Waals surface area (Å²) < 4.78 is 15.0. The van der Waals surface area contributed by atoms with Crippen LogP contribution in [0.3, 0.4) is 0 Å². The third-order valence-electron chi connectivity index (χ3n) is 5.81. The smallest absolute Gasteiger partial charge is 0.150 e. The van der Waals surface area contributed by atoms with Crippen LogP contribution in [-0.4, -0.2) is 15.7 Å². The summed E-state index contributed by atoms with van der Waals surface area (Å²) in [5, 5.41) is 7.22. The first-order valence-electron chi connectivity index (χ1n) is 10.0. The van der Waals surface area contributed by atoms with Crippen molar-refractivity contribution in [3.63, 3.8) is 0 Å². The Morgan fingerprint density at radius 3 is 2.83 bits per heavy atom. The number of allylic oxidation sites excluding steroid dienone is 4. The minimum absolute atomic E-state index is 0.303. The van der Waals surface area contributed by atoms with Crippen LogP contribution in [-0.2, 0) is 0 Å². The van der Waals surface area contributed by atoms with Crippen molar-refractivity contribution < 1.29 is 4.39 Å². The molecule has 2 aliphatic heterocycles. The van der Waals surface area contributed by atoms with E-state index >= 15 is 4.39 Å². The maximum absolute atomic E-state index is 15.0. The summed E-state index contributed by atoms with van der Waals surface area (Å²) in [6.07, 6.45) is 11.9. The Morgan fingerprint density at radius 2 is 2.00 bits per heavy atom. The largest absolute Gasteiger partial charge is 0.249 e. The molecule has 0 saturated heterocycles. The van der Waals surface area contributed by atoms with E-state index in [1.807, 2.05) is 49.6 Å². The van der Waals surface area contributed by atoms with Crippen molar-refractivity contribution >= 4 is 16.6 Å². The van der Waals surface area contributed by atoms with E-state index in [1.165, 1.54) is 11.6 Å². The summed E-state index contributed by atoms with van der Waals surface area (Å²) in [6.45, 7) is 6.08. The van der Waals surface area contributed by atoms with Gasteiger partial charge < -0.3 is 0 Å². The minimum Gasteiger partial charge on any atom is -0.249 e. The fraction of sp³-hybridized carbons (Fsp3) is 0.240. The molecule has 1 aliphatic carbocycles. The fourth-order valence-corrected chi connectivity index (χ4v) is 4.13. The van der Waals surface area contributed by atoms with Crippen LogP contribution in [0.2, 0.25) is 0 Å². The van der Waals surface area contributed by atoms with Crippen LogP contribution in [0.25, 0.3) is 10.9 Å². The predicted molar refractivity (Wildman–Crippen MR) is 115 cm³/mol. The first kappa shape index (κ1) is 17.8. The molecule has 0 amide bonds. The maximum atomic E-state index is 15.0. The molecule has 0 spiro atoms. The average molecular weight is 383 g/mol. The van der Waals surface area contributed by atoms with Crippen LogP contribution in [0.15, 0.2) is 82.9 Å². The third-order valence-corrected chi connectivity index (χ3v) is 5.81. The summed E-state index contributed by atoms with van der Waals surface area (Å²) in [7, 11) is 0. The van der Waals surface area contributed by atoms with Gasteiger partial charge in [-0.3, -0.25) is 0 Å². The first-order valence-corrected chi connectivity index (χ1v) is 10.0. The zero-order valence-electron chi connectivity index (χ0n) is 16.5. The number of hydrogen-bond donors (Lipinski definition) is 0. The Hall–Kier alpha value is -3.23. The quantitative estimate of drug-likeness (QED) is 0.462. The normalized spacial score (nSPS) is 19.2. The van der Waals surface area contributed by atoms with Gasteiger partial charge >= 0.3 is 0 Å². The molecular formula is C25H22FN3. The van der Waals surface area contributed by atoms with Gasteiger partial charge in [0.2, 0.25) is 0 Å². The lowest BCUT2D eigenvalue weighted by molar-refractivity contribution is 0.505. The summed E-state index contributed by atoms with van der Waals surface area (Å²) in [6, 6.07) is 7.53. The highest BCUT2D eigenvalue weighted by atomic mass is 19.1. The number of hydrazone groups is 1. The van der Waals surface area contributed by atoms with Gasteiger partial charge in [-0.15, -0.1) is 0 Å². The molecule has 0 unspecified atom stereocenters. The Balaban J connectivity index is 1.50. The van der Waals surface area contributed by atoms with E-state index in [-0.39, 0.29) is 5.82 Å². The highest BCUT2D eigenvalue weighted by Gasteiger charge is 2.20. The number of aromatic nitrogens is 1. The molecule has 1 saturated carbocycles. The summed E-state index contributed by atoms with van der Waals surface area (Å²) in [5.41, 5.74) is 9.34. The van der Waals surface area contributed by atoms with Crippen LogP contribution >= 0.6 is 0 Å². The van der Waals surface area contributed by atoms with E-state index in [9.17, 15) is 0 Å². The standard InChI is InChI=1S/C25H22FN3/c1-16-3-6-18(7-4-16)23-11-8-19-13-20(14-22(26)25(19)27-23)24-12-10-21-9-5-17(2)15-29(21)28-24/h5,8,10-15,18H,1,3-4,6-7H2,2H3. The van der Waals surface area contributed by atoms with Crippen LogP contribution in [0.5, 0.6) is 0 Å². The molecule has 4 heteroatoms. The molecule has 29 heavy (non-hydrogen) atoms. The predicted octanol–water partition coefficient (Wildman–Crippen LogP) is 6.12. The van der Waals surface area contributed by atoms with Gasteiger partial charge in [-0.1, -0.05) is 23.9 Å². The van der Waals surface area contributed by atoms with Gasteiger partial charge in [0.05, 0.1) is 5.71 Å². The second-order valence-electron chi connectivity index (χ2n) is 8.00. The number of pyridine rings is 1. The molecule has 144 valence electrons. The van der Waals surface area contributed by atoms with E-state index in [1.54, 1.807) is 5.01 Å². The lowest BCUT2D eigenvalue weighted by atomic mass is 9.84. The molecule has 1 aromatic heterocycles. The van der Waals surface area contributed by atoms with Gasteiger partial charge in [-0.2, -0.15) is 5.10 Å². The molecule has 3 aliphatic rings. The average Bonchev–Trinajstić information content (AvgIpc) is 2.73. The molecular weight excluding hydrogens is 361 g/mol. The molecule has 0 atom stereocenters. The SMILES string of the molecule is C=C1CCC(c2ccc3cc(C4=NN5C=C(C)C=C=C5C=C4)cc(F)c3n2)CC1. The highest BCUT2D eigenvalue weighted by Crippen LogP contribution is 2.35. The molecule has 3 heterocycles. The van der Waals surface area contributed by atoms with E-state index in [4.69, 9.17) is 0 Å². The number of rotatable bonds is 2. The topological polar surface area (TPSA) is 28.5 Å². The second kappa shape index (κ2) is 6.98. The van der Waals surface area contributed by atoms with Gasteiger partial charge in [0.1, 0.15) is 17.0 Å². The number of fused-ring (bicyclic) bond motifs is 2. The van der Waals surface area contributed by atoms with Crippen molar-refractivity contribution in [3.8, 4) is 0 Å². The van der Waals surface area contributed by atoms with Crippen LogP contribution < -0.4 is 0 Å². The van der Waals surface area contributed by atoms with Gasteiger partial charge in [0.25, 0.3) is 0 Å². The molecule has 5 rings (SSSR count). The molecule has 0 radical (unpaired) electrons. The highest BCUT2D eigenvalue weighted by molar-refractivity contribution is 6.11. The zero-order valence-corrected chi connectivity index (χ0v) is 16.5. The molecule has 1 fully saturated rings. The van der Waals surface area contributed by atoms with Crippen molar-refractivity contribution in [2.75, 3.05) is 0 Å². The van der Waals surface area contributed by atoms with Crippen molar-refractivity contribution in [3.05, 3.63) is 94.9 Å². The van der Waals surface area contributed by atoms with Crippen LogP contribution in [0.4, 0.5) is 4.39 Å². The van der Waals surface area contributed by atoms with Gasteiger partial charge in [-0.25, -0.2) is 14.4 Å². The number of hydrogen-bond acceptors (Lipinski definition) is 3. The van der Waals surface area contributed by atoms with Crippen molar-refractivity contribution in [2.45, 2.75) is 38.5 Å². The summed E-state index contributed by atoms with van der Waals surface area (Å²) >= 11 is 0. The molecule has 0 bridgehead atoms. The molecule has 2 aromatic rings. The second-order valence-corrected chi connectivity index (χ2v) is 8.00. The number of nitrogens with zero attached hydrogens (tertiary/aromatic N) is 3. The van der Waals surface area contributed by atoms with E-state index in [0.717, 1.165) is 59.3 Å². The lowest BCUT2D eigenvalue weighted by Crippen LogP contribution is -2.17. The number of benzene rings is 1. The van der Waals surface area contributed by atoms with E-state index in [0.29, 0.717) is 11.4 Å². The van der Waals surface area contributed by atoms with Gasteiger partial charge in [0, 0.05) is 28.8 Å². The molecule has 3 nitrogen and oxygen atoms in total. The minimum atomic E-state index is -0.303. The Morgan fingerprint density at radius 1 is 1.17 bits per heavy atom. The van der Waals surface area contributed by atoms with Crippen LogP contribution in [0.1, 0.15) is 49.8 Å². The van der Waals surface area contributed by atoms with Crippen molar-refractivity contribution in [1.29, 1.82) is 0 Å². The first-order chi connectivity index (χ1) is 14.1. The molecule has 1 aromatic carbocycles. The fourth-order valence-electron chi connectivity index (χ4n) is 4.13.